The fraction of sp³-hybridized carbons (Fsp3) is 0.357. The fourth-order valence-electron chi connectivity index (χ4n) is 5.72. The third kappa shape index (κ3) is 3.40. The van der Waals surface area contributed by atoms with Crippen LogP contribution in [0.15, 0.2) is 47.6 Å². The van der Waals surface area contributed by atoms with Gasteiger partial charge < -0.3 is 0 Å². The summed E-state index contributed by atoms with van der Waals surface area (Å²) in [7, 11) is -1.88. The molecule has 0 spiro atoms. The SMILES string of the molecule is C[C]1[CH][C]2[C](C=CC=C2C(C)C)[C]1[Si](C)(C)[C]1[C](C)[CH][C]2[C]1C=CC=C2C(C)C. The van der Waals surface area contributed by atoms with Crippen LogP contribution in [0, 0.1) is 71.3 Å². The lowest BCUT2D eigenvalue weighted by Crippen LogP contribution is -2.48. The summed E-state index contributed by atoms with van der Waals surface area (Å²) in [5, 5.41) is 0. The zero-order valence-electron chi connectivity index (χ0n) is 19.3. The van der Waals surface area contributed by atoms with E-state index >= 15 is 0 Å². The molecule has 0 bridgehead atoms. The van der Waals surface area contributed by atoms with Crippen LogP contribution in [-0.2, 0) is 0 Å². The number of hydrogen-bond acceptors (Lipinski definition) is 0. The van der Waals surface area contributed by atoms with Gasteiger partial charge in [0.15, 0.2) is 0 Å². The summed E-state index contributed by atoms with van der Waals surface area (Å²) in [6.07, 6.45) is 18.8. The zero-order valence-corrected chi connectivity index (χ0v) is 20.3. The largest absolute Gasteiger partial charge is 0.0762 e. The Labute approximate surface area is 181 Å². The van der Waals surface area contributed by atoms with Crippen LogP contribution >= 0.6 is 0 Å². The van der Waals surface area contributed by atoms with E-state index in [0.717, 1.165) is 0 Å². The average Bonchev–Trinajstić information content (AvgIpc) is 3.16. The van der Waals surface area contributed by atoms with Crippen LogP contribution in [0.2, 0.25) is 13.1 Å². The molecule has 150 valence electrons. The van der Waals surface area contributed by atoms with Gasteiger partial charge in [-0.25, -0.2) is 0 Å². The van der Waals surface area contributed by atoms with Crippen molar-refractivity contribution in [1.29, 1.82) is 0 Å². The van der Waals surface area contributed by atoms with E-state index in [1.165, 1.54) is 46.7 Å². The summed E-state index contributed by atoms with van der Waals surface area (Å²) in [4.78, 5) is 0. The molecule has 1 heteroatoms. The molecular formula is C28H34Si. The van der Waals surface area contributed by atoms with Crippen molar-refractivity contribution < 1.29 is 0 Å². The van der Waals surface area contributed by atoms with E-state index in [2.05, 4.69) is 104 Å². The number of hydrogen-bond donors (Lipinski definition) is 0. The van der Waals surface area contributed by atoms with E-state index in [-0.39, 0.29) is 0 Å². The average molecular weight is 399 g/mol. The van der Waals surface area contributed by atoms with Crippen molar-refractivity contribution in [1.82, 2.24) is 0 Å². The molecule has 0 saturated heterocycles. The molecule has 0 atom stereocenters. The van der Waals surface area contributed by atoms with E-state index in [9.17, 15) is 0 Å². The Hall–Kier alpha value is -0.823. The van der Waals surface area contributed by atoms with Gasteiger partial charge in [-0.15, -0.1) is 0 Å². The highest BCUT2D eigenvalue weighted by Gasteiger charge is 2.59. The molecule has 4 rings (SSSR count). The van der Waals surface area contributed by atoms with Crippen molar-refractivity contribution in [3.05, 3.63) is 107 Å². The first-order valence-corrected chi connectivity index (χ1v) is 14.0. The minimum Gasteiger partial charge on any atom is -0.0762 e. The molecule has 0 aromatic carbocycles. The molecule has 2 fully saturated rings. The molecular weight excluding hydrogens is 364 g/mol. The van der Waals surface area contributed by atoms with Crippen molar-refractivity contribution in [2.75, 3.05) is 0 Å². The van der Waals surface area contributed by atoms with Gasteiger partial charge in [-0.2, -0.15) is 0 Å². The van der Waals surface area contributed by atoms with E-state index in [1.54, 1.807) is 11.1 Å². The molecule has 4 aliphatic rings. The van der Waals surface area contributed by atoms with E-state index < -0.39 is 8.07 Å². The Morgan fingerprint density at radius 1 is 0.621 bits per heavy atom. The summed E-state index contributed by atoms with van der Waals surface area (Å²) in [5.74, 6) is 9.94. The lowest BCUT2D eigenvalue weighted by Gasteiger charge is -2.44. The third-order valence-corrected chi connectivity index (χ3v) is 10.7. The van der Waals surface area contributed by atoms with Crippen LogP contribution < -0.4 is 0 Å². The van der Waals surface area contributed by atoms with Gasteiger partial charge in [0, 0.05) is 23.7 Å². The number of rotatable bonds is 4. The summed E-state index contributed by atoms with van der Waals surface area (Å²) in [6, 6.07) is 0. The normalized spacial score (nSPS) is 26.7. The lowest BCUT2D eigenvalue weighted by atomic mass is 9.79. The van der Waals surface area contributed by atoms with Gasteiger partial charge in [0.05, 0.1) is 8.07 Å². The van der Waals surface area contributed by atoms with Crippen LogP contribution in [0.5, 0.6) is 0 Å². The Bertz CT molecular complexity index is 684. The highest BCUT2D eigenvalue weighted by molar-refractivity contribution is 6.90. The number of fused-ring (bicyclic) bond motifs is 2. The Morgan fingerprint density at radius 2 is 1.00 bits per heavy atom. The first-order valence-electron chi connectivity index (χ1n) is 11.0. The minimum atomic E-state index is -1.88. The highest BCUT2D eigenvalue weighted by Crippen LogP contribution is 2.63. The van der Waals surface area contributed by atoms with Crippen LogP contribution in [0.25, 0.3) is 0 Å². The highest BCUT2D eigenvalue weighted by atomic mass is 28.3. The van der Waals surface area contributed by atoms with Crippen molar-refractivity contribution in [2.24, 2.45) is 11.8 Å². The van der Waals surface area contributed by atoms with Crippen LogP contribution in [0.1, 0.15) is 41.5 Å². The molecule has 0 N–H and O–H groups in total. The van der Waals surface area contributed by atoms with Gasteiger partial charge in [0.2, 0.25) is 0 Å². The molecule has 2 saturated carbocycles. The molecule has 0 aliphatic heterocycles. The zero-order chi connectivity index (χ0) is 21.1. The molecule has 0 unspecified atom stereocenters. The first-order chi connectivity index (χ1) is 13.6. The van der Waals surface area contributed by atoms with E-state index in [0.29, 0.717) is 11.8 Å². The predicted octanol–water partition coefficient (Wildman–Crippen LogP) is 7.15. The van der Waals surface area contributed by atoms with Crippen LogP contribution in [0.3, 0.4) is 0 Å². The predicted molar refractivity (Wildman–Crippen MR) is 127 cm³/mol. The van der Waals surface area contributed by atoms with E-state index in [1.807, 2.05) is 0 Å². The first kappa shape index (κ1) is 21.4. The lowest BCUT2D eigenvalue weighted by molar-refractivity contribution is 0.751. The van der Waals surface area contributed by atoms with Gasteiger partial charge in [0.1, 0.15) is 0 Å². The summed E-state index contributed by atoms with van der Waals surface area (Å²) in [6.45, 7) is 19.0. The molecule has 4 aliphatic carbocycles. The molecule has 0 nitrogen and oxygen atoms in total. The van der Waals surface area contributed by atoms with Gasteiger partial charge in [-0.1, -0.05) is 102 Å². The van der Waals surface area contributed by atoms with E-state index in [4.69, 9.17) is 0 Å². The van der Waals surface area contributed by atoms with Crippen molar-refractivity contribution in [3.63, 3.8) is 0 Å². The molecule has 10 radical (unpaired) electrons. The molecule has 0 aromatic heterocycles. The number of allylic oxidation sites excluding steroid dienone is 8. The van der Waals surface area contributed by atoms with Crippen LogP contribution in [-0.4, -0.2) is 8.07 Å². The third-order valence-electron chi connectivity index (χ3n) is 6.82. The topological polar surface area (TPSA) is 0 Å². The van der Waals surface area contributed by atoms with Gasteiger partial charge >= 0.3 is 0 Å². The summed E-state index contributed by atoms with van der Waals surface area (Å²) < 4.78 is 0. The molecule has 0 heterocycles. The second-order valence-corrected chi connectivity index (χ2v) is 14.2. The second kappa shape index (κ2) is 7.70. The Balaban J connectivity index is 1.65. The smallest absolute Gasteiger partial charge is 0.0642 e. The van der Waals surface area contributed by atoms with Crippen molar-refractivity contribution in [3.8, 4) is 0 Å². The van der Waals surface area contributed by atoms with Gasteiger partial charge in [-0.05, 0) is 47.6 Å². The summed E-state index contributed by atoms with van der Waals surface area (Å²) >= 11 is 0. The standard InChI is InChI=1S/C28H34Si/c1-17(2)21-11-9-13-23-25(21)15-19(5)27(23)29(7,8)28-20(6)16-26-22(18(3)4)12-10-14-24(26)28/h9-18H,1-8H3. The van der Waals surface area contributed by atoms with Gasteiger partial charge in [-0.3, -0.25) is 0 Å². The van der Waals surface area contributed by atoms with Crippen molar-refractivity contribution >= 4 is 8.07 Å². The molecule has 0 amide bonds. The quantitative estimate of drug-likeness (QED) is 0.441. The molecule has 0 aromatic rings. The maximum Gasteiger partial charge on any atom is 0.0642 e. The monoisotopic (exact) mass is 398 g/mol. The fourth-order valence-corrected chi connectivity index (χ4v) is 9.87. The summed E-state index contributed by atoms with van der Waals surface area (Å²) in [5.41, 5.74) is 6.21. The van der Waals surface area contributed by atoms with Crippen molar-refractivity contribution in [2.45, 2.75) is 54.6 Å². The Kier molecular flexibility index (Phi) is 5.69. The minimum absolute atomic E-state index is 0.549. The maximum absolute atomic E-state index is 2.56. The second-order valence-electron chi connectivity index (χ2n) is 9.96. The van der Waals surface area contributed by atoms with Crippen LogP contribution in [0.4, 0.5) is 0 Å². The molecule has 29 heavy (non-hydrogen) atoms. The Morgan fingerprint density at radius 3 is 1.34 bits per heavy atom. The maximum atomic E-state index is 2.56. The van der Waals surface area contributed by atoms with Gasteiger partial charge in [0.25, 0.3) is 0 Å².